The molecule has 1 aromatic carbocycles. The summed E-state index contributed by atoms with van der Waals surface area (Å²) in [5.74, 6) is -1.75. The average Bonchev–Trinajstić information content (AvgIpc) is 2.23. The maximum atomic E-state index is 11.8. The summed E-state index contributed by atoms with van der Waals surface area (Å²) in [4.78, 5) is 22.7. The summed E-state index contributed by atoms with van der Waals surface area (Å²) in [6.45, 7) is 4.51. The van der Waals surface area contributed by atoms with Gasteiger partial charge in [0.05, 0.1) is 0 Å². The van der Waals surface area contributed by atoms with Gasteiger partial charge < -0.3 is 10.4 Å². The summed E-state index contributed by atoms with van der Waals surface area (Å²) in [6.07, 6.45) is 0. The van der Waals surface area contributed by atoms with Gasteiger partial charge in [0.25, 0.3) is 0 Å². The van der Waals surface area contributed by atoms with Crippen LogP contribution in [0.5, 0.6) is 0 Å². The normalized spacial score (nSPS) is 11.1. The molecule has 0 spiro atoms. The van der Waals surface area contributed by atoms with E-state index in [1.807, 2.05) is 0 Å². The molecule has 0 radical (unpaired) electrons. The lowest BCUT2D eigenvalue weighted by molar-refractivity contribution is -0.151. The molecular weight excluding hydrogens is 242 g/mol. The second kappa shape index (κ2) is 4.75. The zero-order valence-corrected chi connectivity index (χ0v) is 10.6. The summed E-state index contributed by atoms with van der Waals surface area (Å²) >= 11 is 5.81. The highest BCUT2D eigenvalue weighted by molar-refractivity contribution is 6.31. The van der Waals surface area contributed by atoms with E-state index in [2.05, 4.69) is 5.32 Å². The first-order chi connectivity index (χ1) is 7.75. The van der Waals surface area contributed by atoms with Gasteiger partial charge in [-0.15, -0.1) is 0 Å². The van der Waals surface area contributed by atoms with E-state index in [9.17, 15) is 9.59 Å². The molecule has 5 heteroatoms. The Bertz CT molecular complexity index is 469. The summed E-state index contributed by atoms with van der Waals surface area (Å²) in [5, 5.41) is 12.0. The smallest absolute Gasteiger partial charge is 0.318 e. The van der Waals surface area contributed by atoms with Crippen molar-refractivity contribution in [2.75, 3.05) is 5.32 Å². The zero-order valence-electron chi connectivity index (χ0n) is 9.87. The van der Waals surface area contributed by atoms with Gasteiger partial charge in [-0.2, -0.15) is 0 Å². The van der Waals surface area contributed by atoms with Crippen LogP contribution >= 0.6 is 11.6 Å². The molecule has 0 bridgehead atoms. The van der Waals surface area contributed by atoms with Gasteiger partial charge in [-0.3, -0.25) is 9.59 Å². The highest BCUT2D eigenvalue weighted by atomic mass is 35.5. The van der Waals surface area contributed by atoms with Crippen LogP contribution in [0.25, 0.3) is 0 Å². The molecule has 92 valence electrons. The molecule has 17 heavy (non-hydrogen) atoms. The van der Waals surface area contributed by atoms with E-state index in [0.717, 1.165) is 5.56 Å². The molecule has 1 aromatic rings. The van der Waals surface area contributed by atoms with Crippen molar-refractivity contribution in [1.29, 1.82) is 0 Å². The molecule has 1 rings (SSSR count). The number of halogens is 1. The van der Waals surface area contributed by atoms with E-state index < -0.39 is 17.3 Å². The van der Waals surface area contributed by atoms with Crippen molar-refractivity contribution in [1.82, 2.24) is 0 Å². The predicted octanol–water partition coefficient (Wildman–Crippen LogP) is 2.70. The zero-order chi connectivity index (χ0) is 13.2. The van der Waals surface area contributed by atoms with Crippen LogP contribution in [-0.2, 0) is 9.59 Å². The van der Waals surface area contributed by atoms with Crippen LogP contribution in [-0.4, -0.2) is 17.0 Å². The topological polar surface area (TPSA) is 66.4 Å². The lowest BCUT2D eigenvalue weighted by Crippen LogP contribution is -2.38. The van der Waals surface area contributed by atoms with Crippen molar-refractivity contribution in [3.8, 4) is 0 Å². The number of carboxylic acid groups (broad SMARTS) is 1. The number of aliphatic carboxylic acids is 1. The molecule has 0 aliphatic heterocycles. The molecule has 1 amide bonds. The third kappa shape index (κ3) is 2.97. The van der Waals surface area contributed by atoms with Gasteiger partial charge in [-0.1, -0.05) is 17.7 Å². The summed E-state index contributed by atoms with van der Waals surface area (Å²) < 4.78 is 0. The Kier molecular flexibility index (Phi) is 3.78. The van der Waals surface area contributed by atoms with Gasteiger partial charge in [0.1, 0.15) is 5.41 Å². The SMILES string of the molecule is Cc1ccc(Cl)cc1NC(=O)C(C)(C)C(=O)O. The number of hydrogen-bond donors (Lipinski definition) is 2. The minimum Gasteiger partial charge on any atom is -0.480 e. The molecule has 4 nitrogen and oxygen atoms in total. The fourth-order valence-corrected chi connectivity index (χ4v) is 1.28. The molecular formula is C12H14ClNO3. The quantitative estimate of drug-likeness (QED) is 0.816. The lowest BCUT2D eigenvalue weighted by Gasteiger charge is -2.19. The third-order valence-electron chi connectivity index (χ3n) is 2.55. The van der Waals surface area contributed by atoms with Crippen LogP contribution < -0.4 is 5.32 Å². The fourth-order valence-electron chi connectivity index (χ4n) is 1.10. The van der Waals surface area contributed by atoms with E-state index in [-0.39, 0.29) is 0 Å². The first-order valence-corrected chi connectivity index (χ1v) is 5.44. The van der Waals surface area contributed by atoms with Crippen LogP contribution in [0.4, 0.5) is 5.69 Å². The number of rotatable bonds is 3. The number of carbonyl (C=O) groups excluding carboxylic acids is 1. The van der Waals surface area contributed by atoms with Crippen LogP contribution in [0, 0.1) is 12.3 Å². The Morgan fingerprint density at radius 2 is 1.94 bits per heavy atom. The number of amides is 1. The first kappa shape index (κ1) is 13.5. The second-order valence-corrected chi connectivity index (χ2v) is 4.78. The molecule has 0 saturated heterocycles. The Balaban J connectivity index is 2.96. The van der Waals surface area contributed by atoms with E-state index in [1.54, 1.807) is 25.1 Å². The standard InChI is InChI=1S/C12H14ClNO3/c1-7-4-5-8(13)6-9(7)14-10(15)12(2,3)11(16)17/h4-6H,1-3H3,(H,14,15)(H,16,17). The van der Waals surface area contributed by atoms with Crippen molar-refractivity contribution in [3.05, 3.63) is 28.8 Å². The van der Waals surface area contributed by atoms with Crippen LogP contribution in [0.2, 0.25) is 5.02 Å². The number of benzene rings is 1. The molecule has 0 unspecified atom stereocenters. The van der Waals surface area contributed by atoms with Crippen molar-refractivity contribution < 1.29 is 14.7 Å². The number of hydrogen-bond acceptors (Lipinski definition) is 2. The van der Waals surface area contributed by atoms with Gasteiger partial charge in [0.15, 0.2) is 0 Å². The van der Waals surface area contributed by atoms with Gasteiger partial charge in [0, 0.05) is 10.7 Å². The number of nitrogens with one attached hydrogen (secondary N) is 1. The van der Waals surface area contributed by atoms with E-state index >= 15 is 0 Å². The molecule has 2 N–H and O–H groups in total. The van der Waals surface area contributed by atoms with Crippen LogP contribution in [0.15, 0.2) is 18.2 Å². The van der Waals surface area contributed by atoms with Crippen LogP contribution in [0.3, 0.4) is 0 Å². The van der Waals surface area contributed by atoms with Crippen molar-refractivity contribution >= 4 is 29.2 Å². The number of anilines is 1. The monoisotopic (exact) mass is 255 g/mol. The van der Waals surface area contributed by atoms with Gasteiger partial charge in [-0.25, -0.2) is 0 Å². The first-order valence-electron chi connectivity index (χ1n) is 5.06. The predicted molar refractivity (Wildman–Crippen MR) is 66.2 cm³/mol. The van der Waals surface area contributed by atoms with Gasteiger partial charge >= 0.3 is 5.97 Å². The minimum atomic E-state index is -1.48. The molecule has 0 aliphatic carbocycles. The number of aryl methyl sites for hydroxylation is 1. The molecule has 0 aromatic heterocycles. The molecule has 0 fully saturated rings. The molecule has 0 atom stereocenters. The third-order valence-corrected chi connectivity index (χ3v) is 2.79. The van der Waals surface area contributed by atoms with E-state index in [4.69, 9.17) is 16.7 Å². The number of carbonyl (C=O) groups is 2. The van der Waals surface area contributed by atoms with E-state index in [1.165, 1.54) is 13.8 Å². The second-order valence-electron chi connectivity index (χ2n) is 4.34. The maximum Gasteiger partial charge on any atom is 0.318 e. The largest absolute Gasteiger partial charge is 0.480 e. The Hall–Kier alpha value is -1.55. The van der Waals surface area contributed by atoms with Gasteiger partial charge in [0.2, 0.25) is 5.91 Å². The highest BCUT2D eigenvalue weighted by Gasteiger charge is 2.36. The Morgan fingerprint density at radius 3 is 2.47 bits per heavy atom. The van der Waals surface area contributed by atoms with Crippen molar-refractivity contribution in [2.45, 2.75) is 20.8 Å². The van der Waals surface area contributed by atoms with Crippen molar-refractivity contribution in [3.63, 3.8) is 0 Å². The summed E-state index contributed by atoms with van der Waals surface area (Å²) in [6, 6.07) is 5.05. The number of carboxylic acids is 1. The molecule has 0 saturated carbocycles. The fraction of sp³-hybridized carbons (Fsp3) is 0.333. The molecule has 0 aliphatic rings. The summed E-state index contributed by atoms with van der Waals surface area (Å²) in [7, 11) is 0. The van der Waals surface area contributed by atoms with E-state index in [0.29, 0.717) is 10.7 Å². The van der Waals surface area contributed by atoms with Crippen LogP contribution in [0.1, 0.15) is 19.4 Å². The Labute approximate surface area is 105 Å². The van der Waals surface area contributed by atoms with Crippen molar-refractivity contribution in [2.24, 2.45) is 5.41 Å². The Morgan fingerprint density at radius 1 is 1.35 bits per heavy atom. The molecule has 0 heterocycles. The highest BCUT2D eigenvalue weighted by Crippen LogP contribution is 2.23. The average molecular weight is 256 g/mol. The minimum absolute atomic E-state index is 0.485. The van der Waals surface area contributed by atoms with Gasteiger partial charge in [-0.05, 0) is 38.5 Å². The summed E-state index contributed by atoms with van der Waals surface area (Å²) in [5.41, 5.74) is -0.129. The lowest BCUT2D eigenvalue weighted by atomic mass is 9.92. The maximum absolute atomic E-state index is 11.8.